The van der Waals surface area contributed by atoms with Crippen molar-refractivity contribution in [2.75, 3.05) is 24.9 Å². The SMILES string of the molecule is CC(OC(=O)c1cc2ccc(CN)nc2n1Cc1cc(NS(=O)(=O)Cc2ccccc2)cc2ccccc12)C1CCN(C)CC1. The molecule has 2 aromatic heterocycles. The number of hydrogen-bond donors (Lipinski definition) is 2. The lowest BCUT2D eigenvalue weighted by Crippen LogP contribution is -2.36. The van der Waals surface area contributed by atoms with Gasteiger partial charge in [0.15, 0.2) is 0 Å². The largest absolute Gasteiger partial charge is 0.458 e. The number of esters is 1. The van der Waals surface area contributed by atoms with Gasteiger partial charge in [-0.15, -0.1) is 0 Å². The van der Waals surface area contributed by atoms with Crippen molar-refractivity contribution in [2.24, 2.45) is 11.7 Å². The highest BCUT2D eigenvalue weighted by atomic mass is 32.2. The molecule has 3 heterocycles. The van der Waals surface area contributed by atoms with Crippen molar-refractivity contribution in [2.45, 2.75) is 44.7 Å². The number of rotatable bonds is 10. The van der Waals surface area contributed by atoms with Crippen molar-refractivity contribution in [3.05, 3.63) is 107 Å². The minimum absolute atomic E-state index is 0.143. The van der Waals surface area contributed by atoms with Crippen molar-refractivity contribution in [3.8, 4) is 0 Å². The van der Waals surface area contributed by atoms with Crippen molar-refractivity contribution in [1.82, 2.24) is 14.5 Å². The van der Waals surface area contributed by atoms with E-state index in [1.54, 1.807) is 12.1 Å². The number of carbonyl (C=O) groups is 1. The third-order valence-corrected chi connectivity index (χ3v) is 9.95. The lowest BCUT2D eigenvalue weighted by molar-refractivity contribution is 0.00883. The number of hydrogen-bond acceptors (Lipinski definition) is 7. The molecule has 45 heavy (non-hydrogen) atoms. The molecule has 1 fully saturated rings. The number of nitrogens with zero attached hydrogens (tertiary/aromatic N) is 3. The normalized spacial score (nSPS) is 15.4. The molecule has 3 aromatic carbocycles. The molecule has 0 aliphatic carbocycles. The molecule has 0 bridgehead atoms. The molecule has 1 atom stereocenters. The van der Waals surface area contributed by atoms with Crippen LogP contribution in [0.25, 0.3) is 21.8 Å². The second kappa shape index (κ2) is 13.0. The van der Waals surface area contributed by atoms with E-state index in [-0.39, 0.29) is 24.9 Å². The number of nitrogens with one attached hydrogen (secondary N) is 1. The number of pyridine rings is 1. The van der Waals surface area contributed by atoms with Crippen LogP contribution in [0.2, 0.25) is 0 Å². The van der Waals surface area contributed by atoms with E-state index < -0.39 is 16.0 Å². The fraction of sp³-hybridized carbons (Fsp3) is 0.314. The molecule has 6 rings (SSSR count). The summed E-state index contributed by atoms with van der Waals surface area (Å²) in [5.74, 6) is -0.248. The van der Waals surface area contributed by atoms with E-state index in [0.29, 0.717) is 34.2 Å². The number of benzene rings is 3. The van der Waals surface area contributed by atoms with Crippen LogP contribution in [0.5, 0.6) is 0 Å². The Hall–Kier alpha value is -4.25. The molecule has 1 aliphatic heterocycles. The van der Waals surface area contributed by atoms with Crippen LogP contribution in [0.1, 0.15) is 47.1 Å². The zero-order valence-corrected chi connectivity index (χ0v) is 26.5. The molecular weight excluding hydrogens is 586 g/mol. The highest BCUT2D eigenvalue weighted by Gasteiger charge is 2.27. The average molecular weight is 626 g/mol. The van der Waals surface area contributed by atoms with E-state index in [9.17, 15) is 13.2 Å². The topological polar surface area (TPSA) is 120 Å². The second-order valence-corrected chi connectivity index (χ2v) is 13.7. The molecule has 0 radical (unpaired) electrons. The molecule has 3 N–H and O–H groups in total. The Morgan fingerprint density at radius 3 is 2.49 bits per heavy atom. The van der Waals surface area contributed by atoms with Gasteiger partial charge in [0, 0.05) is 17.6 Å². The minimum atomic E-state index is -3.69. The zero-order chi connectivity index (χ0) is 31.6. The summed E-state index contributed by atoms with van der Waals surface area (Å²) in [6.07, 6.45) is 1.73. The van der Waals surface area contributed by atoms with Gasteiger partial charge in [0.05, 0.1) is 18.0 Å². The quantitative estimate of drug-likeness (QED) is 0.196. The van der Waals surface area contributed by atoms with Gasteiger partial charge in [0.2, 0.25) is 10.0 Å². The highest BCUT2D eigenvalue weighted by molar-refractivity contribution is 7.91. The van der Waals surface area contributed by atoms with Gasteiger partial charge in [-0.25, -0.2) is 18.2 Å². The summed E-state index contributed by atoms with van der Waals surface area (Å²) in [6.45, 7) is 4.47. The maximum atomic E-state index is 13.8. The number of anilines is 1. The van der Waals surface area contributed by atoms with Crippen molar-refractivity contribution >= 4 is 43.5 Å². The number of likely N-dealkylation sites (tertiary alicyclic amines) is 1. The molecule has 0 spiro atoms. The number of fused-ring (bicyclic) bond motifs is 2. The Labute approximate surface area is 264 Å². The third-order valence-electron chi connectivity index (χ3n) is 8.69. The summed E-state index contributed by atoms with van der Waals surface area (Å²) in [4.78, 5) is 20.9. The minimum Gasteiger partial charge on any atom is -0.458 e. The Kier molecular flexibility index (Phi) is 8.89. The van der Waals surface area contributed by atoms with Gasteiger partial charge in [-0.05, 0) is 98.1 Å². The van der Waals surface area contributed by atoms with Crippen LogP contribution in [-0.2, 0) is 33.6 Å². The number of aromatic nitrogens is 2. The summed E-state index contributed by atoms with van der Waals surface area (Å²) in [7, 11) is -1.58. The molecule has 9 nitrogen and oxygen atoms in total. The van der Waals surface area contributed by atoms with Gasteiger partial charge in [-0.1, -0.05) is 54.6 Å². The fourth-order valence-electron chi connectivity index (χ4n) is 6.19. The number of ether oxygens (including phenoxy) is 1. The molecule has 1 saturated heterocycles. The first-order valence-corrected chi connectivity index (χ1v) is 17.0. The van der Waals surface area contributed by atoms with E-state index in [2.05, 4.69) is 16.7 Å². The summed E-state index contributed by atoms with van der Waals surface area (Å²) < 4.78 is 37.1. The first-order chi connectivity index (χ1) is 21.7. The summed E-state index contributed by atoms with van der Waals surface area (Å²) in [5, 5.41) is 2.62. The maximum absolute atomic E-state index is 13.8. The first-order valence-electron chi connectivity index (χ1n) is 15.3. The average Bonchev–Trinajstić information content (AvgIpc) is 3.38. The highest BCUT2D eigenvalue weighted by Crippen LogP contribution is 2.30. The van der Waals surface area contributed by atoms with Gasteiger partial charge in [0.1, 0.15) is 17.4 Å². The zero-order valence-electron chi connectivity index (χ0n) is 25.6. The molecule has 10 heteroatoms. The number of nitrogens with two attached hydrogens (primary N) is 1. The van der Waals surface area contributed by atoms with Gasteiger partial charge < -0.3 is 19.9 Å². The molecular formula is C35H39N5O4S. The molecule has 1 unspecified atom stereocenters. The van der Waals surface area contributed by atoms with Gasteiger partial charge in [-0.2, -0.15) is 0 Å². The van der Waals surface area contributed by atoms with E-state index >= 15 is 0 Å². The number of carbonyl (C=O) groups excluding carboxylic acids is 1. The lowest BCUT2D eigenvalue weighted by Gasteiger charge is -2.32. The molecule has 0 amide bonds. The second-order valence-electron chi connectivity index (χ2n) is 12.0. The predicted molar refractivity (Wildman–Crippen MR) is 178 cm³/mol. The Morgan fingerprint density at radius 1 is 1.00 bits per heavy atom. The maximum Gasteiger partial charge on any atom is 0.355 e. The fourth-order valence-corrected chi connectivity index (χ4v) is 7.37. The van der Waals surface area contributed by atoms with Gasteiger partial charge >= 0.3 is 5.97 Å². The van der Waals surface area contributed by atoms with Crippen LogP contribution >= 0.6 is 0 Å². The monoisotopic (exact) mass is 625 g/mol. The first kappa shape index (κ1) is 30.8. The van der Waals surface area contributed by atoms with Crippen molar-refractivity contribution < 1.29 is 17.9 Å². The smallest absolute Gasteiger partial charge is 0.355 e. The summed E-state index contributed by atoms with van der Waals surface area (Å²) >= 11 is 0. The van der Waals surface area contributed by atoms with Crippen molar-refractivity contribution in [3.63, 3.8) is 0 Å². The molecule has 234 valence electrons. The van der Waals surface area contributed by atoms with Gasteiger partial charge in [-0.3, -0.25) is 4.72 Å². The molecule has 0 saturated carbocycles. The van der Waals surface area contributed by atoms with Crippen LogP contribution in [0.15, 0.2) is 84.9 Å². The summed E-state index contributed by atoms with van der Waals surface area (Å²) in [6, 6.07) is 26.2. The predicted octanol–water partition coefficient (Wildman–Crippen LogP) is 5.53. The Morgan fingerprint density at radius 2 is 1.73 bits per heavy atom. The lowest BCUT2D eigenvalue weighted by atomic mass is 9.92. The van der Waals surface area contributed by atoms with Crippen molar-refractivity contribution in [1.29, 1.82) is 0 Å². The molecule has 5 aromatic rings. The summed E-state index contributed by atoms with van der Waals surface area (Å²) in [5.41, 5.74) is 9.65. The number of sulfonamides is 1. The van der Waals surface area contributed by atoms with Crippen LogP contribution in [-0.4, -0.2) is 55.1 Å². The number of piperidine rings is 1. The van der Waals surface area contributed by atoms with E-state index in [1.165, 1.54) is 0 Å². The van der Waals surface area contributed by atoms with E-state index in [0.717, 1.165) is 47.7 Å². The van der Waals surface area contributed by atoms with Crippen LogP contribution in [0.4, 0.5) is 5.69 Å². The van der Waals surface area contributed by atoms with Gasteiger partial charge in [0.25, 0.3) is 0 Å². The van der Waals surface area contributed by atoms with E-state index in [1.807, 2.05) is 84.3 Å². The van der Waals surface area contributed by atoms with Crippen LogP contribution in [0, 0.1) is 5.92 Å². The van der Waals surface area contributed by atoms with E-state index in [4.69, 9.17) is 15.5 Å². The molecule has 1 aliphatic rings. The third kappa shape index (κ3) is 7.03. The van der Waals surface area contributed by atoms with Crippen LogP contribution in [0.3, 0.4) is 0 Å². The Balaban J connectivity index is 1.36. The van der Waals surface area contributed by atoms with Crippen LogP contribution < -0.4 is 10.5 Å². The Bertz CT molecular complexity index is 1930. The standard InChI is InChI=1S/C35H39N5O4S/c1-24(26-14-16-39(2)17-15-26)44-35(41)33-20-28-12-13-30(21-36)37-34(28)40(33)22-29-19-31(18-27-10-6-7-11-32(27)29)38-45(42,43)23-25-8-4-3-5-9-25/h3-13,18-20,24,26,38H,14-17,21-23,36H2,1-2H3.